The van der Waals surface area contributed by atoms with Gasteiger partial charge in [0.2, 0.25) is 0 Å². The quantitative estimate of drug-likeness (QED) is 0.603. The van der Waals surface area contributed by atoms with E-state index in [1.54, 1.807) is 0 Å². The van der Waals surface area contributed by atoms with Crippen molar-refractivity contribution in [2.24, 2.45) is 5.92 Å². The number of nitrogens with zero attached hydrogens (tertiary/aromatic N) is 2. The fourth-order valence-electron chi connectivity index (χ4n) is 3.21. The maximum Gasteiger partial charge on any atom is 0.0610 e. The average Bonchev–Trinajstić information content (AvgIpc) is 2.45. The lowest BCUT2D eigenvalue weighted by Gasteiger charge is -2.35. The van der Waals surface area contributed by atoms with Crippen molar-refractivity contribution in [2.75, 3.05) is 52.4 Å². The zero-order valence-corrected chi connectivity index (χ0v) is 14.7. The summed E-state index contributed by atoms with van der Waals surface area (Å²) in [5.74, 6) is 0.777. The molecule has 4 heteroatoms. The first-order valence-electron chi connectivity index (χ1n) is 8.79. The Morgan fingerprint density at radius 3 is 2.24 bits per heavy atom. The largest absolute Gasteiger partial charge is 0.394 e. The molecule has 1 fully saturated rings. The molecule has 1 heterocycles. The Hall–Kier alpha value is -0.160. The third-order valence-corrected chi connectivity index (χ3v) is 4.49. The molecule has 0 amide bonds. The molecule has 1 saturated heterocycles. The van der Waals surface area contributed by atoms with E-state index in [-0.39, 0.29) is 12.1 Å². The van der Waals surface area contributed by atoms with Crippen LogP contribution in [0.3, 0.4) is 0 Å². The summed E-state index contributed by atoms with van der Waals surface area (Å²) in [7, 11) is 0. The van der Waals surface area contributed by atoms with Gasteiger partial charge in [-0.1, -0.05) is 27.2 Å². The van der Waals surface area contributed by atoms with Crippen LogP contribution in [0.25, 0.3) is 0 Å². The summed E-state index contributed by atoms with van der Waals surface area (Å²) in [5, 5.41) is 12.9. The summed E-state index contributed by atoms with van der Waals surface area (Å²) in [5.41, 5.74) is -0.0925. The molecule has 2 N–H and O–H groups in total. The number of rotatable bonds is 10. The normalized spacial score (nSPS) is 20.9. The number of nitrogens with one attached hydrogen (secondary N) is 1. The van der Waals surface area contributed by atoms with Crippen LogP contribution < -0.4 is 5.32 Å². The van der Waals surface area contributed by atoms with E-state index in [0.29, 0.717) is 0 Å². The Labute approximate surface area is 131 Å². The van der Waals surface area contributed by atoms with E-state index >= 15 is 0 Å². The lowest BCUT2D eigenvalue weighted by molar-refractivity contribution is 0.118. The molecule has 0 aromatic carbocycles. The number of aliphatic hydroxyl groups is 1. The number of aliphatic hydroxyl groups excluding tert-OH is 1. The van der Waals surface area contributed by atoms with Crippen LogP contribution in [0.5, 0.6) is 0 Å². The molecule has 0 saturated carbocycles. The summed E-state index contributed by atoms with van der Waals surface area (Å²) in [6, 6.07) is 0. The van der Waals surface area contributed by atoms with Crippen LogP contribution >= 0.6 is 0 Å². The molecule has 1 aliphatic heterocycles. The van der Waals surface area contributed by atoms with Gasteiger partial charge in [-0.3, -0.25) is 0 Å². The number of piperazine rings is 1. The number of unbranched alkanes of at least 4 members (excludes halogenated alkanes) is 1. The maximum absolute atomic E-state index is 9.49. The minimum Gasteiger partial charge on any atom is -0.394 e. The van der Waals surface area contributed by atoms with Gasteiger partial charge in [-0.15, -0.1) is 0 Å². The van der Waals surface area contributed by atoms with Gasteiger partial charge >= 0.3 is 0 Å². The van der Waals surface area contributed by atoms with Crippen LogP contribution in [0.2, 0.25) is 0 Å². The van der Waals surface area contributed by atoms with Crippen molar-refractivity contribution < 1.29 is 5.11 Å². The van der Waals surface area contributed by atoms with Crippen LogP contribution in [0.15, 0.2) is 0 Å². The van der Waals surface area contributed by atoms with Crippen LogP contribution in [-0.4, -0.2) is 72.9 Å². The van der Waals surface area contributed by atoms with E-state index < -0.39 is 0 Å². The zero-order chi connectivity index (χ0) is 15.7. The van der Waals surface area contributed by atoms with Gasteiger partial charge in [0.15, 0.2) is 0 Å². The lowest BCUT2D eigenvalue weighted by Crippen LogP contribution is -2.47. The molecule has 1 aliphatic rings. The Morgan fingerprint density at radius 2 is 1.71 bits per heavy atom. The van der Waals surface area contributed by atoms with Gasteiger partial charge in [-0.2, -0.15) is 0 Å². The van der Waals surface area contributed by atoms with E-state index in [4.69, 9.17) is 0 Å². The van der Waals surface area contributed by atoms with Crippen molar-refractivity contribution in [1.82, 2.24) is 15.1 Å². The van der Waals surface area contributed by atoms with Crippen molar-refractivity contribution in [1.29, 1.82) is 0 Å². The molecule has 126 valence electrons. The van der Waals surface area contributed by atoms with Crippen LogP contribution in [0, 0.1) is 5.92 Å². The first kappa shape index (κ1) is 18.9. The molecule has 0 aromatic rings. The number of hydrogen-bond donors (Lipinski definition) is 2. The molecule has 0 aliphatic carbocycles. The SMILES string of the molecule is CCNC(C)(CO)CCCCN1CCN(CC(C)C)CC1. The standard InChI is InChI=1S/C17H37N3O/c1-5-18-17(4,15-21)8-6-7-9-19-10-12-20(13-11-19)14-16(2)3/h16,18,21H,5-15H2,1-4H3. The molecule has 0 spiro atoms. The van der Waals surface area contributed by atoms with Crippen molar-refractivity contribution in [3.05, 3.63) is 0 Å². The second-order valence-corrected chi connectivity index (χ2v) is 7.24. The third-order valence-electron chi connectivity index (χ3n) is 4.49. The highest BCUT2D eigenvalue weighted by molar-refractivity contribution is 4.81. The Morgan fingerprint density at radius 1 is 1.10 bits per heavy atom. The lowest BCUT2D eigenvalue weighted by atomic mass is 9.95. The summed E-state index contributed by atoms with van der Waals surface area (Å²) in [4.78, 5) is 5.19. The van der Waals surface area contributed by atoms with Gasteiger partial charge in [-0.05, 0) is 38.8 Å². The van der Waals surface area contributed by atoms with E-state index in [9.17, 15) is 5.11 Å². The molecular weight excluding hydrogens is 262 g/mol. The summed E-state index contributed by atoms with van der Waals surface area (Å²) >= 11 is 0. The fourth-order valence-corrected chi connectivity index (χ4v) is 3.21. The highest BCUT2D eigenvalue weighted by Gasteiger charge is 2.21. The van der Waals surface area contributed by atoms with Gasteiger partial charge < -0.3 is 20.2 Å². The van der Waals surface area contributed by atoms with Gasteiger partial charge in [-0.25, -0.2) is 0 Å². The molecule has 21 heavy (non-hydrogen) atoms. The minimum absolute atomic E-state index is 0.0925. The van der Waals surface area contributed by atoms with Crippen LogP contribution in [-0.2, 0) is 0 Å². The van der Waals surface area contributed by atoms with Crippen molar-refractivity contribution >= 4 is 0 Å². The maximum atomic E-state index is 9.49. The fraction of sp³-hybridized carbons (Fsp3) is 1.00. The van der Waals surface area contributed by atoms with E-state index in [1.807, 2.05) is 0 Å². The number of likely N-dealkylation sites (N-methyl/N-ethyl adjacent to an activating group) is 1. The molecule has 0 bridgehead atoms. The van der Waals surface area contributed by atoms with Gasteiger partial charge in [0.1, 0.15) is 0 Å². The van der Waals surface area contributed by atoms with E-state index in [0.717, 1.165) is 18.9 Å². The third kappa shape index (κ3) is 7.59. The monoisotopic (exact) mass is 299 g/mol. The Kier molecular flexibility index (Phi) is 8.79. The van der Waals surface area contributed by atoms with Gasteiger partial charge in [0.05, 0.1) is 6.61 Å². The topological polar surface area (TPSA) is 38.7 Å². The molecule has 1 atom stereocenters. The van der Waals surface area contributed by atoms with E-state index in [2.05, 4.69) is 42.8 Å². The summed E-state index contributed by atoms with van der Waals surface area (Å²) in [6.45, 7) is 17.3. The summed E-state index contributed by atoms with van der Waals surface area (Å²) < 4.78 is 0. The van der Waals surface area contributed by atoms with Crippen LogP contribution in [0.4, 0.5) is 0 Å². The van der Waals surface area contributed by atoms with E-state index in [1.165, 1.54) is 52.1 Å². The average molecular weight is 300 g/mol. The summed E-state index contributed by atoms with van der Waals surface area (Å²) in [6.07, 6.45) is 3.49. The minimum atomic E-state index is -0.0925. The molecular formula is C17H37N3O. The number of hydrogen-bond acceptors (Lipinski definition) is 4. The molecule has 1 unspecified atom stereocenters. The molecule has 1 rings (SSSR count). The predicted molar refractivity (Wildman–Crippen MR) is 90.7 cm³/mol. The van der Waals surface area contributed by atoms with Gasteiger partial charge in [0, 0.05) is 38.3 Å². The van der Waals surface area contributed by atoms with Crippen molar-refractivity contribution in [2.45, 2.75) is 52.5 Å². The first-order chi connectivity index (χ1) is 9.99. The highest BCUT2D eigenvalue weighted by Crippen LogP contribution is 2.14. The van der Waals surface area contributed by atoms with Gasteiger partial charge in [0.25, 0.3) is 0 Å². The van der Waals surface area contributed by atoms with Crippen molar-refractivity contribution in [3.8, 4) is 0 Å². The molecule has 0 aromatic heterocycles. The second kappa shape index (κ2) is 9.78. The van der Waals surface area contributed by atoms with Crippen LogP contribution in [0.1, 0.15) is 47.0 Å². The molecule has 4 nitrogen and oxygen atoms in total. The molecule has 0 radical (unpaired) electrons. The zero-order valence-electron chi connectivity index (χ0n) is 14.7. The second-order valence-electron chi connectivity index (χ2n) is 7.24. The highest BCUT2D eigenvalue weighted by atomic mass is 16.3. The predicted octanol–water partition coefficient (Wildman–Crippen LogP) is 1.79. The Balaban J connectivity index is 2.11. The first-order valence-corrected chi connectivity index (χ1v) is 8.79. The Bertz CT molecular complexity index is 265. The van der Waals surface area contributed by atoms with Crippen molar-refractivity contribution in [3.63, 3.8) is 0 Å². The smallest absolute Gasteiger partial charge is 0.0610 e.